The summed E-state index contributed by atoms with van der Waals surface area (Å²) in [6, 6.07) is 10.6. The number of esters is 1. The van der Waals surface area contributed by atoms with Crippen molar-refractivity contribution in [3.8, 4) is 11.5 Å². The van der Waals surface area contributed by atoms with Gasteiger partial charge < -0.3 is 19.1 Å². The summed E-state index contributed by atoms with van der Waals surface area (Å²) in [6.07, 6.45) is -0.123. The van der Waals surface area contributed by atoms with E-state index in [1.165, 1.54) is 12.1 Å². The monoisotopic (exact) mass is 520 g/mol. The van der Waals surface area contributed by atoms with Crippen LogP contribution in [0.1, 0.15) is 57.0 Å². The quantitative estimate of drug-likeness (QED) is 0.403. The molecule has 9 nitrogen and oxygen atoms in total. The number of nitrogens with zero attached hydrogens (tertiary/aromatic N) is 2. The minimum atomic E-state index is -0.947. The molecule has 2 fully saturated rings. The van der Waals surface area contributed by atoms with Crippen LogP contribution in [-0.2, 0) is 25.7 Å². The van der Waals surface area contributed by atoms with Crippen molar-refractivity contribution in [2.45, 2.75) is 53.6 Å². The van der Waals surface area contributed by atoms with E-state index in [9.17, 15) is 19.2 Å². The Morgan fingerprint density at radius 1 is 1.00 bits per heavy atom. The molecule has 2 aromatic carbocycles. The average molecular weight is 521 g/mol. The Labute approximate surface area is 221 Å². The third-order valence-corrected chi connectivity index (χ3v) is 8.48. The van der Waals surface area contributed by atoms with E-state index in [0.29, 0.717) is 22.7 Å². The molecule has 5 rings (SSSR count). The number of amides is 3. The first-order valence-corrected chi connectivity index (χ1v) is 12.8. The lowest BCUT2D eigenvalue weighted by Crippen LogP contribution is -2.46. The van der Waals surface area contributed by atoms with Crippen molar-refractivity contribution in [1.29, 1.82) is 0 Å². The number of hydrogen-bond donors (Lipinski definition) is 0. The molecule has 0 radical (unpaired) electrons. The third-order valence-electron chi connectivity index (χ3n) is 8.48. The van der Waals surface area contributed by atoms with Gasteiger partial charge in [-0.1, -0.05) is 33.8 Å². The molecule has 1 aliphatic carbocycles. The molecule has 9 heteroatoms. The van der Waals surface area contributed by atoms with Gasteiger partial charge in [0, 0.05) is 12.5 Å². The fraction of sp³-hybridized carbons (Fsp3) is 0.448. The first-order chi connectivity index (χ1) is 18.0. The van der Waals surface area contributed by atoms with Gasteiger partial charge >= 0.3 is 5.97 Å². The first-order valence-electron chi connectivity index (χ1n) is 12.8. The van der Waals surface area contributed by atoms with E-state index in [0.717, 1.165) is 10.5 Å². The van der Waals surface area contributed by atoms with Gasteiger partial charge in [0.15, 0.2) is 11.5 Å². The van der Waals surface area contributed by atoms with Gasteiger partial charge in [-0.25, -0.2) is 9.69 Å². The molecule has 1 unspecified atom stereocenters. The molecule has 0 N–H and O–H groups in total. The molecule has 1 saturated carbocycles. The Hall–Kier alpha value is -3.88. The Balaban J connectivity index is 1.44. The number of imide groups is 1. The molecule has 0 aromatic heterocycles. The largest absolute Gasteiger partial charge is 0.462 e. The average Bonchev–Trinajstić information content (AvgIpc) is 3.24. The number of benzene rings is 2. The lowest BCUT2D eigenvalue weighted by Gasteiger charge is -2.29. The predicted molar refractivity (Wildman–Crippen MR) is 137 cm³/mol. The summed E-state index contributed by atoms with van der Waals surface area (Å²) in [5, 5.41) is 0. The van der Waals surface area contributed by atoms with Crippen LogP contribution in [0.15, 0.2) is 42.5 Å². The molecular weight excluding hydrogens is 488 g/mol. The second kappa shape index (κ2) is 9.15. The van der Waals surface area contributed by atoms with Gasteiger partial charge in [-0.3, -0.25) is 14.4 Å². The summed E-state index contributed by atoms with van der Waals surface area (Å²) in [6.45, 7) is 10.4. The van der Waals surface area contributed by atoms with E-state index in [2.05, 4.69) is 0 Å². The van der Waals surface area contributed by atoms with Crippen molar-refractivity contribution < 1.29 is 33.4 Å². The van der Waals surface area contributed by atoms with Crippen LogP contribution in [0.5, 0.6) is 11.5 Å². The van der Waals surface area contributed by atoms with E-state index in [-0.39, 0.29) is 49.0 Å². The Morgan fingerprint density at radius 2 is 1.66 bits per heavy atom. The van der Waals surface area contributed by atoms with Crippen LogP contribution >= 0.6 is 0 Å². The number of ether oxygens (including phenoxy) is 3. The van der Waals surface area contributed by atoms with Crippen molar-refractivity contribution in [3.63, 3.8) is 0 Å². The second-order valence-corrected chi connectivity index (χ2v) is 11.1. The minimum absolute atomic E-state index is 0.123. The summed E-state index contributed by atoms with van der Waals surface area (Å²) in [5.74, 6) is -0.579. The zero-order valence-corrected chi connectivity index (χ0v) is 22.3. The van der Waals surface area contributed by atoms with Crippen LogP contribution < -0.4 is 14.4 Å². The van der Waals surface area contributed by atoms with Gasteiger partial charge in [0.2, 0.25) is 18.6 Å². The van der Waals surface area contributed by atoms with Crippen LogP contribution in [-0.4, -0.2) is 48.0 Å². The standard InChI is InChI=1S/C29H32N2O7/c1-6-36-27(35)18-8-10-19(11-9-18)31-23(32)14-20(25(31)33)30(26(34)24-28(2,3)29(24,4)5)15-17-7-12-21-22(13-17)38-16-37-21/h7-13,20,24H,6,14-16H2,1-5H3. The Bertz CT molecular complexity index is 1300. The Kier molecular flexibility index (Phi) is 6.20. The molecule has 0 bridgehead atoms. The predicted octanol–water partition coefficient (Wildman–Crippen LogP) is 3.93. The minimum Gasteiger partial charge on any atom is -0.462 e. The van der Waals surface area contributed by atoms with Crippen molar-refractivity contribution >= 4 is 29.4 Å². The highest BCUT2D eigenvalue weighted by molar-refractivity contribution is 6.23. The van der Waals surface area contributed by atoms with Crippen molar-refractivity contribution in [2.75, 3.05) is 18.3 Å². The van der Waals surface area contributed by atoms with Crippen LogP contribution in [0.2, 0.25) is 0 Å². The highest BCUT2D eigenvalue weighted by Crippen LogP contribution is 2.69. The third kappa shape index (κ3) is 4.10. The molecule has 2 heterocycles. The fourth-order valence-corrected chi connectivity index (χ4v) is 5.65. The number of carbonyl (C=O) groups excluding carboxylic acids is 4. The van der Waals surface area contributed by atoms with Gasteiger partial charge in [0.05, 0.1) is 24.3 Å². The highest BCUT2D eigenvalue weighted by Gasteiger charge is 2.69. The number of hydrogen-bond acceptors (Lipinski definition) is 7. The molecule has 2 aromatic rings. The van der Waals surface area contributed by atoms with E-state index in [4.69, 9.17) is 14.2 Å². The van der Waals surface area contributed by atoms with Gasteiger partial charge in [-0.15, -0.1) is 0 Å². The maximum Gasteiger partial charge on any atom is 0.338 e. The number of rotatable bonds is 7. The molecule has 1 saturated heterocycles. The zero-order chi connectivity index (χ0) is 27.4. The van der Waals surface area contributed by atoms with Crippen LogP contribution in [0, 0.1) is 16.7 Å². The first kappa shape index (κ1) is 25.8. The van der Waals surface area contributed by atoms with Gasteiger partial charge in [-0.05, 0) is 59.7 Å². The molecule has 1 atom stereocenters. The fourth-order valence-electron chi connectivity index (χ4n) is 5.65. The van der Waals surface area contributed by atoms with E-state index < -0.39 is 23.8 Å². The Morgan fingerprint density at radius 3 is 2.29 bits per heavy atom. The van der Waals surface area contributed by atoms with E-state index in [1.807, 2.05) is 33.8 Å². The van der Waals surface area contributed by atoms with Gasteiger partial charge in [-0.2, -0.15) is 0 Å². The lowest BCUT2D eigenvalue weighted by molar-refractivity contribution is -0.141. The summed E-state index contributed by atoms with van der Waals surface area (Å²) >= 11 is 0. The molecule has 3 aliphatic rings. The molecule has 3 amide bonds. The molecular formula is C29H32N2O7. The number of fused-ring (bicyclic) bond motifs is 1. The van der Waals surface area contributed by atoms with Crippen LogP contribution in [0.4, 0.5) is 5.69 Å². The topological polar surface area (TPSA) is 102 Å². The summed E-state index contributed by atoms with van der Waals surface area (Å²) in [4.78, 5) is 55.5. The van der Waals surface area contributed by atoms with Crippen LogP contribution in [0.25, 0.3) is 0 Å². The maximum absolute atomic E-state index is 14.0. The lowest BCUT2D eigenvalue weighted by atomic mass is 10.0. The highest BCUT2D eigenvalue weighted by atomic mass is 16.7. The van der Waals surface area contributed by atoms with E-state index >= 15 is 0 Å². The van der Waals surface area contributed by atoms with Crippen molar-refractivity contribution in [3.05, 3.63) is 53.6 Å². The normalized spacial score (nSPS) is 21.0. The van der Waals surface area contributed by atoms with Gasteiger partial charge in [0.25, 0.3) is 5.91 Å². The number of anilines is 1. The number of carbonyl (C=O) groups is 4. The van der Waals surface area contributed by atoms with Crippen molar-refractivity contribution in [1.82, 2.24) is 4.90 Å². The molecule has 0 spiro atoms. The summed E-state index contributed by atoms with van der Waals surface area (Å²) < 4.78 is 15.9. The SMILES string of the molecule is CCOC(=O)c1ccc(N2C(=O)CC(N(Cc3ccc4c(c3)OCO4)C(=O)C3C(C)(C)C3(C)C)C2=O)cc1. The molecule has 2 aliphatic heterocycles. The van der Waals surface area contributed by atoms with Crippen LogP contribution in [0.3, 0.4) is 0 Å². The van der Waals surface area contributed by atoms with Crippen molar-refractivity contribution in [2.24, 2.45) is 16.7 Å². The second-order valence-electron chi connectivity index (χ2n) is 11.1. The smallest absolute Gasteiger partial charge is 0.338 e. The molecule has 200 valence electrons. The van der Waals surface area contributed by atoms with E-state index in [1.54, 1.807) is 36.1 Å². The molecule has 38 heavy (non-hydrogen) atoms. The van der Waals surface area contributed by atoms with Gasteiger partial charge in [0.1, 0.15) is 6.04 Å². The summed E-state index contributed by atoms with van der Waals surface area (Å²) in [7, 11) is 0. The zero-order valence-electron chi connectivity index (χ0n) is 22.3. The maximum atomic E-state index is 14.0. The summed E-state index contributed by atoms with van der Waals surface area (Å²) in [5.41, 5.74) is 0.954.